The highest BCUT2D eigenvalue weighted by Gasteiger charge is 2.47. The predicted molar refractivity (Wildman–Crippen MR) is 261 cm³/mol. The van der Waals surface area contributed by atoms with E-state index in [4.69, 9.17) is 28.4 Å². The summed E-state index contributed by atoms with van der Waals surface area (Å²) in [6.45, 7) is 2.55. The Morgan fingerprint density at radius 2 is 0.882 bits per heavy atom. The second-order valence-corrected chi connectivity index (χ2v) is 18.7. The predicted octanol–water partition coefficient (Wildman–Crippen LogP) is 7.71. The van der Waals surface area contributed by atoms with Crippen molar-refractivity contribution in [2.24, 2.45) is 0 Å². The van der Waals surface area contributed by atoms with Crippen LogP contribution >= 0.6 is 0 Å². The van der Waals surface area contributed by atoms with E-state index in [-0.39, 0.29) is 26.1 Å². The Morgan fingerprint density at radius 1 is 0.471 bits per heavy atom. The van der Waals surface area contributed by atoms with E-state index in [0.717, 1.165) is 70.6 Å². The van der Waals surface area contributed by atoms with Crippen molar-refractivity contribution in [3.63, 3.8) is 0 Å². The molecule has 2 heterocycles. The third-order valence-electron chi connectivity index (χ3n) is 12.6. The first-order valence-corrected chi connectivity index (χ1v) is 26.6. The lowest BCUT2D eigenvalue weighted by atomic mass is 9.98. The van der Waals surface area contributed by atoms with Crippen LogP contribution in [0.4, 0.5) is 0 Å². The molecule has 0 aromatic rings. The molecule has 2 rings (SSSR count). The molecule has 15 nitrogen and oxygen atoms in total. The van der Waals surface area contributed by atoms with Crippen LogP contribution in [-0.2, 0) is 38.0 Å². The van der Waals surface area contributed by atoms with E-state index in [1.165, 1.54) is 83.5 Å². The largest absolute Gasteiger partial charge is 0.462 e. The topological polar surface area (TPSA) is 231 Å². The van der Waals surface area contributed by atoms with Crippen molar-refractivity contribution < 1.29 is 73.8 Å². The smallest absolute Gasteiger partial charge is 0.306 e. The zero-order valence-corrected chi connectivity index (χ0v) is 41.8. The van der Waals surface area contributed by atoms with Crippen molar-refractivity contribution in [1.29, 1.82) is 0 Å². The van der Waals surface area contributed by atoms with Crippen LogP contribution in [0.15, 0.2) is 36.5 Å². The molecular formula is C53H94O15. The van der Waals surface area contributed by atoms with Gasteiger partial charge in [-0.2, -0.15) is 0 Å². The van der Waals surface area contributed by atoms with Crippen molar-refractivity contribution in [3.8, 4) is 0 Å². The van der Waals surface area contributed by atoms with Crippen LogP contribution in [0.2, 0.25) is 0 Å². The van der Waals surface area contributed by atoms with Crippen LogP contribution < -0.4 is 0 Å². The minimum absolute atomic E-state index is 0.159. The van der Waals surface area contributed by atoms with Crippen LogP contribution in [0.1, 0.15) is 194 Å². The molecule has 0 radical (unpaired) electrons. The number of allylic oxidation sites excluding steroid dienone is 6. The summed E-state index contributed by atoms with van der Waals surface area (Å²) < 4.78 is 33.6. The van der Waals surface area contributed by atoms with Gasteiger partial charge in [-0.3, -0.25) is 9.59 Å². The lowest BCUT2D eigenvalue weighted by molar-refractivity contribution is -0.332. The van der Waals surface area contributed by atoms with E-state index < -0.39 is 92.7 Å². The maximum atomic E-state index is 13.0. The molecular weight excluding hydrogens is 877 g/mol. The molecule has 0 amide bonds. The zero-order chi connectivity index (χ0) is 49.6. The van der Waals surface area contributed by atoms with Gasteiger partial charge in [-0.15, -0.1) is 0 Å². The first-order valence-electron chi connectivity index (χ1n) is 26.6. The molecule has 2 aliphatic heterocycles. The number of rotatable bonds is 41. The van der Waals surface area contributed by atoms with Gasteiger partial charge in [0.15, 0.2) is 18.7 Å². The van der Waals surface area contributed by atoms with Crippen LogP contribution in [0.25, 0.3) is 0 Å². The number of aliphatic hydroxyl groups is 7. The molecule has 11 atom stereocenters. The highest BCUT2D eigenvalue weighted by molar-refractivity contribution is 5.70. The van der Waals surface area contributed by atoms with Crippen LogP contribution in [0, 0.1) is 0 Å². The molecule has 4 unspecified atom stereocenters. The molecule has 0 bridgehead atoms. The molecule has 0 aliphatic carbocycles. The Labute approximate surface area is 408 Å². The van der Waals surface area contributed by atoms with Gasteiger partial charge < -0.3 is 64.2 Å². The van der Waals surface area contributed by atoms with Gasteiger partial charge in [0.25, 0.3) is 0 Å². The average Bonchev–Trinajstić information content (AvgIpc) is 3.33. The van der Waals surface area contributed by atoms with Gasteiger partial charge in [-0.25, -0.2) is 0 Å². The summed E-state index contributed by atoms with van der Waals surface area (Å²) in [4.78, 5) is 25.8. The molecule has 0 saturated carbocycles. The van der Waals surface area contributed by atoms with Gasteiger partial charge in [-0.05, 0) is 70.6 Å². The highest BCUT2D eigenvalue weighted by Crippen LogP contribution is 2.26. The maximum Gasteiger partial charge on any atom is 0.306 e. The second kappa shape index (κ2) is 40.3. The first-order chi connectivity index (χ1) is 33.0. The summed E-state index contributed by atoms with van der Waals surface area (Å²) in [7, 11) is 0. The number of esters is 2. The summed E-state index contributed by atoms with van der Waals surface area (Å²) in [5.74, 6) is -0.936. The number of carbonyl (C=O) groups excluding carboxylic acids is 2. The fourth-order valence-corrected chi connectivity index (χ4v) is 8.18. The number of carbonyl (C=O) groups is 2. The molecule has 15 heteroatoms. The van der Waals surface area contributed by atoms with Crippen molar-refractivity contribution >= 4 is 11.9 Å². The molecule has 2 fully saturated rings. The van der Waals surface area contributed by atoms with Crippen LogP contribution in [-0.4, -0.2) is 142 Å². The van der Waals surface area contributed by atoms with E-state index in [9.17, 15) is 45.3 Å². The summed E-state index contributed by atoms with van der Waals surface area (Å²) in [5, 5.41) is 72.1. The normalized spacial score (nSPS) is 26.0. The van der Waals surface area contributed by atoms with Gasteiger partial charge in [-0.1, -0.05) is 147 Å². The van der Waals surface area contributed by atoms with E-state index in [0.29, 0.717) is 12.8 Å². The zero-order valence-electron chi connectivity index (χ0n) is 41.8. The van der Waals surface area contributed by atoms with E-state index in [2.05, 4.69) is 50.3 Å². The Bertz CT molecular complexity index is 1330. The molecule has 0 aromatic carbocycles. The van der Waals surface area contributed by atoms with Crippen molar-refractivity contribution in [2.45, 2.75) is 261 Å². The quantitative estimate of drug-likeness (QED) is 0.0177. The minimum Gasteiger partial charge on any atom is -0.462 e. The second-order valence-electron chi connectivity index (χ2n) is 18.7. The standard InChI is InChI=1S/C53H94O15/c1-3-5-7-9-11-13-15-17-19-20-22-23-25-27-29-31-33-35-44(55)63-38-41(66-45(56)36-34-32-30-28-26-24-21-18-16-14-12-10-8-6-4-2)39-64-52-51(62)49(60)47(58)43(68-52)40-65-53-50(61)48(59)46(57)42(37-54)67-53/h11,13-14,16-17,19,41-43,46-54,57-62H,3-10,12,15,18,20-40H2,1-2H3/b13-11+,16-14+,19-17+/t41-,42+,43+,46-,47-,48?,49?,50?,51?,52+,53+/m0/s1. The first kappa shape index (κ1) is 61.8. The number of unbranched alkanes of at least 4 members (excludes halogenated alkanes) is 21. The van der Waals surface area contributed by atoms with E-state index in [1.807, 2.05) is 0 Å². The van der Waals surface area contributed by atoms with Gasteiger partial charge in [0.2, 0.25) is 0 Å². The van der Waals surface area contributed by atoms with Crippen LogP contribution in [0.5, 0.6) is 0 Å². The third kappa shape index (κ3) is 27.9. The summed E-state index contributed by atoms with van der Waals surface area (Å²) in [5.41, 5.74) is 0. The monoisotopic (exact) mass is 971 g/mol. The Hall–Kier alpha value is -2.28. The summed E-state index contributed by atoms with van der Waals surface area (Å²) in [6.07, 6.45) is 25.9. The fourth-order valence-electron chi connectivity index (χ4n) is 8.18. The van der Waals surface area contributed by atoms with Gasteiger partial charge in [0, 0.05) is 12.8 Å². The summed E-state index contributed by atoms with van der Waals surface area (Å²) in [6, 6.07) is 0. The lowest BCUT2D eigenvalue weighted by Crippen LogP contribution is -2.61. The van der Waals surface area contributed by atoms with Gasteiger partial charge in [0.1, 0.15) is 55.4 Å². The van der Waals surface area contributed by atoms with Crippen molar-refractivity contribution in [1.82, 2.24) is 0 Å². The van der Waals surface area contributed by atoms with Crippen LogP contribution in [0.3, 0.4) is 0 Å². The fraction of sp³-hybridized carbons (Fsp3) is 0.849. The number of hydrogen-bond donors (Lipinski definition) is 7. The van der Waals surface area contributed by atoms with Crippen molar-refractivity contribution in [3.05, 3.63) is 36.5 Å². The third-order valence-corrected chi connectivity index (χ3v) is 12.6. The molecule has 7 N–H and O–H groups in total. The number of hydrogen-bond acceptors (Lipinski definition) is 15. The lowest BCUT2D eigenvalue weighted by Gasteiger charge is -2.42. The maximum absolute atomic E-state index is 13.0. The molecule has 2 aliphatic rings. The average molecular weight is 971 g/mol. The van der Waals surface area contributed by atoms with Gasteiger partial charge >= 0.3 is 11.9 Å². The molecule has 0 aromatic heterocycles. The van der Waals surface area contributed by atoms with Gasteiger partial charge in [0.05, 0.1) is 19.8 Å². The molecule has 396 valence electrons. The Balaban J connectivity index is 1.80. The minimum atomic E-state index is -1.77. The number of aliphatic hydroxyl groups excluding tert-OH is 7. The SMILES string of the molecule is CCCCC/C=C/C/C=C/CCCCCCCCCC(=O)OC[C@@H](CO[C@@H]1O[C@H](CO[C@@H]2O[C@H](CO)[C@H](O)C(O)C2O)[C@H](O)C(O)C1O)OC(=O)CCCCCCCCC/C=C/CCCCCC. The molecule has 2 saturated heterocycles. The Morgan fingerprint density at radius 3 is 1.41 bits per heavy atom. The Kier molecular flexibility index (Phi) is 36.7. The van der Waals surface area contributed by atoms with E-state index >= 15 is 0 Å². The van der Waals surface area contributed by atoms with Crippen molar-refractivity contribution in [2.75, 3.05) is 26.4 Å². The number of ether oxygens (including phenoxy) is 6. The van der Waals surface area contributed by atoms with E-state index in [1.54, 1.807) is 0 Å². The highest BCUT2D eigenvalue weighted by atomic mass is 16.7. The molecule has 0 spiro atoms. The summed E-state index contributed by atoms with van der Waals surface area (Å²) >= 11 is 0. The molecule has 68 heavy (non-hydrogen) atoms.